The van der Waals surface area contributed by atoms with Crippen molar-refractivity contribution < 1.29 is 32.9 Å². The molecule has 0 saturated heterocycles. The van der Waals surface area contributed by atoms with E-state index in [-0.39, 0.29) is 24.7 Å². The zero-order valence-electron chi connectivity index (χ0n) is 18.9. The molecule has 9 nitrogen and oxygen atoms in total. The van der Waals surface area contributed by atoms with Gasteiger partial charge >= 0.3 is 5.97 Å². The number of rotatable bonds is 8. The molecule has 0 amide bonds. The average molecular weight is 482 g/mol. The summed E-state index contributed by atoms with van der Waals surface area (Å²) in [6.45, 7) is 3.80. The van der Waals surface area contributed by atoms with E-state index in [0.29, 0.717) is 28.1 Å². The lowest BCUT2D eigenvalue weighted by molar-refractivity contribution is -0.139. The third-order valence-corrected chi connectivity index (χ3v) is 6.99. The minimum absolute atomic E-state index is 0.00824. The van der Waals surface area contributed by atoms with Crippen LogP contribution in [0.4, 0.5) is 10.3 Å². The predicted molar refractivity (Wildman–Crippen MR) is 120 cm³/mol. The quantitative estimate of drug-likeness (QED) is 0.520. The fourth-order valence-corrected chi connectivity index (χ4v) is 4.52. The summed E-state index contributed by atoms with van der Waals surface area (Å²) in [5.74, 6) is -2.46. The number of halogens is 1. The third kappa shape index (κ3) is 5.31. The van der Waals surface area contributed by atoms with Gasteiger partial charge in [0.15, 0.2) is 0 Å². The molecule has 33 heavy (non-hydrogen) atoms. The number of benzene rings is 1. The minimum atomic E-state index is -3.62. The van der Waals surface area contributed by atoms with Crippen LogP contribution in [-0.4, -0.2) is 65.2 Å². The van der Waals surface area contributed by atoms with Gasteiger partial charge in [-0.25, -0.2) is 27.1 Å². The first-order chi connectivity index (χ1) is 15.3. The molecule has 3 N–H and O–H groups in total. The van der Waals surface area contributed by atoms with Crippen LogP contribution in [0.1, 0.15) is 55.3 Å². The Balaban J connectivity index is 2.15. The second-order valence-corrected chi connectivity index (χ2v) is 10.7. The summed E-state index contributed by atoms with van der Waals surface area (Å²) in [6.07, 6.45) is -1.85. The highest BCUT2D eigenvalue weighted by Crippen LogP contribution is 2.44. The molecule has 3 atom stereocenters. The Labute approximate surface area is 192 Å². The predicted octanol–water partition coefficient (Wildman–Crippen LogP) is 2.03. The van der Waals surface area contributed by atoms with E-state index < -0.39 is 46.4 Å². The summed E-state index contributed by atoms with van der Waals surface area (Å²) < 4.78 is 39.3. The van der Waals surface area contributed by atoms with Crippen LogP contribution in [0.15, 0.2) is 18.2 Å². The van der Waals surface area contributed by atoms with Crippen LogP contribution < -0.4 is 4.31 Å². The Morgan fingerprint density at radius 1 is 1.27 bits per heavy atom. The van der Waals surface area contributed by atoms with E-state index in [2.05, 4.69) is 9.97 Å². The summed E-state index contributed by atoms with van der Waals surface area (Å²) in [5, 5.41) is 29.8. The number of aliphatic carboxylic acids is 1. The van der Waals surface area contributed by atoms with Crippen molar-refractivity contribution in [3.05, 3.63) is 40.8 Å². The standard InChI is InChI=1S/C22H28FN3O6S/c1-11(2)20-17-10-16(18(28)8-13(27)9-19(29)30)15-7-12(23)5-6-14(15)21(17)25-22(24-20)26(3)33(4,31)32/h5-7,11,13,16,18,27-28H,8-10H2,1-4H3,(H,29,30)/t13-,16?,18+/m1/s1. The molecule has 0 aliphatic heterocycles. The number of anilines is 1. The maximum atomic E-state index is 14.2. The largest absolute Gasteiger partial charge is 0.481 e. The van der Waals surface area contributed by atoms with Gasteiger partial charge in [-0.05, 0) is 36.1 Å². The molecule has 0 saturated carbocycles. The Kier molecular flexibility index (Phi) is 7.06. The van der Waals surface area contributed by atoms with Crippen LogP contribution >= 0.6 is 0 Å². The highest BCUT2D eigenvalue weighted by Gasteiger charge is 2.35. The Hall–Kier alpha value is -2.63. The molecule has 11 heteroatoms. The van der Waals surface area contributed by atoms with Crippen molar-refractivity contribution in [2.45, 2.75) is 57.2 Å². The van der Waals surface area contributed by atoms with Crippen LogP contribution in [-0.2, 0) is 21.2 Å². The lowest BCUT2D eigenvalue weighted by atomic mass is 9.75. The van der Waals surface area contributed by atoms with Crippen LogP contribution in [0.2, 0.25) is 0 Å². The van der Waals surface area contributed by atoms with E-state index in [1.807, 2.05) is 13.8 Å². The summed E-state index contributed by atoms with van der Waals surface area (Å²) in [5.41, 5.74) is 2.75. The summed E-state index contributed by atoms with van der Waals surface area (Å²) in [4.78, 5) is 19.9. The lowest BCUT2D eigenvalue weighted by Gasteiger charge is -2.33. The average Bonchev–Trinajstić information content (AvgIpc) is 2.69. The number of hydrogen-bond acceptors (Lipinski definition) is 7. The molecule has 180 valence electrons. The first-order valence-corrected chi connectivity index (χ1v) is 12.4. The fourth-order valence-electron chi connectivity index (χ4n) is 4.14. The molecule has 1 heterocycles. The van der Waals surface area contributed by atoms with E-state index in [0.717, 1.165) is 10.6 Å². The highest BCUT2D eigenvalue weighted by molar-refractivity contribution is 7.92. The SMILES string of the molecule is CC(C)c1nc(N(C)S(C)(=O)=O)nc2c1CC([C@@H](O)C[C@@H](O)CC(=O)O)c1cc(F)ccc1-2. The van der Waals surface area contributed by atoms with E-state index in [9.17, 15) is 27.8 Å². The lowest BCUT2D eigenvalue weighted by Crippen LogP contribution is -2.31. The molecule has 0 fully saturated rings. The van der Waals surface area contributed by atoms with Crippen molar-refractivity contribution >= 4 is 21.9 Å². The molecule has 1 aliphatic rings. The van der Waals surface area contributed by atoms with E-state index in [4.69, 9.17) is 5.11 Å². The van der Waals surface area contributed by atoms with Crippen LogP contribution in [0.25, 0.3) is 11.3 Å². The molecule has 0 bridgehead atoms. The van der Waals surface area contributed by atoms with E-state index in [1.54, 1.807) is 0 Å². The number of carbonyl (C=O) groups is 1. The Morgan fingerprint density at radius 2 is 1.94 bits per heavy atom. The first kappa shape index (κ1) is 25.0. The van der Waals surface area contributed by atoms with Gasteiger partial charge < -0.3 is 15.3 Å². The number of nitrogens with zero attached hydrogens (tertiary/aromatic N) is 3. The summed E-state index contributed by atoms with van der Waals surface area (Å²) in [6, 6.07) is 4.07. The molecule has 3 rings (SSSR count). The van der Waals surface area contributed by atoms with Gasteiger partial charge in [0.1, 0.15) is 5.82 Å². The van der Waals surface area contributed by atoms with Crippen molar-refractivity contribution in [1.29, 1.82) is 0 Å². The second kappa shape index (κ2) is 9.32. The van der Waals surface area contributed by atoms with Crippen molar-refractivity contribution in [3.8, 4) is 11.3 Å². The molecular formula is C22H28FN3O6S. The van der Waals surface area contributed by atoms with Crippen molar-refractivity contribution in [2.75, 3.05) is 17.6 Å². The second-order valence-electron chi connectivity index (χ2n) is 8.72. The monoisotopic (exact) mass is 481 g/mol. The number of aromatic nitrogens is 2. The van der Waals surface area contributed by atoms with Gasteiger partial charge in [0.25, 0.3) is 0 Å². The highest BCUT2D eigenvalue weighted by atomic mass is 32.2. The topological polar surface area (TPSA) is 141 Å². The number of carboxylic acid groups (broad SMARTS) is 1. The van der Waals surface area contributed by atoms with Crippen LogP contribution in [0, 0.1) is 5.82 Å². The normalized spacial score (nSPS) is 17.3. The molecule has 1 aromatic carbocycles. The molecule has 1 aromatic heterocycles. The number of aliphatic hydroxyl groups is 2. The molecule has 0 spiro atoms. The zero-order valence-corrected chi connectivity index (χ0v) is 19.7. The van der Waals surface area contributed by atoms with Crippen molar-refractivity contribution in [1.82, 2.24) is 9.97 Å². The number of aliphatic hydroxyl groups excluding tert-OH is 2. The smallest absolute Gasteiger partial charge is 0.305 e. The summed E-state index contributed by atoms with van der Waals surface area (Å²) in [7, 11) is -2.27. The molecular weight excluding hydrogens is 453 g/mol. The molecule has 1 aliphatic carbocycles. The van der Waals surface area contributed by atoms with Crippen molar-refractivity contribution in [2.24, 2.45) is 0 Å². The fraction of sp³-hybridized carbons (Fsp3) is 0.500. The number of sulfonamides is 1. The van der Waals surface area contributed by atoms with E-state index >= 15 is 0 Å². The Bertz CT molecular complexity index is 1170. The van der Waals surface area contributed by atoms with Gasteiger partial charge in [0.05, 0.1) is 36.3 Å². The van der Waals surface area contributed by atoms with Gasteiger partial charge in [-0.1, -0.05) is 13.8 Å². The van der Waals surface area contributed by atoms with Gasteiger partial charge in [0.2, 0.25) is 16.0 Å². The van der Waals surface area contributed by atoms with Gasteiger partial charge in [-0.15, -0.1) is 0 Å². The van der Waals surface area contributed by atoms with Gasteiger partial charge in [-0.3, -0.25) is 4.79 Å². The number of carboxylic acids is 1. The maximum Gasteiger partial charge on any atom is 0.305 e. The number of hydrogen-bond donors (Lipinski definition) is 3. The van der Waals surface area contributed by atoms with Crippen molar-refractivity contribution in [3.63, 3.8) is 0 Å². The molecule has 0 radical (unpaired) electrons. The van der Waals surface area contributed by atoms with Gasteiger partial charge in [0, 0.05) is 30.5 Å². The molecule has 1 unspecified atom stereocenters. The summed E-state index contributed by atoms with van der Waals surface area (Å²) >= 11 is 0. The Morgan fingerprint density at radius 3 is 2.52 bits per heavy atom. The maximum absolute atomic E-state index is 14.2. The third-order valence-electron chi connectivity index (χ3n) is 5.83. The van der Waals surface area contributed by atoms with Gasteiger partial charge in [-0.2, -0.15) is 0 Å². The minimum Gasteiger partial charge on any atom is -0.481 e. The number of fused-ring (bicyclic) bond motifs is 3. The zero-order chi connectivity index (χ0) is 24.7. The van der Waals surface area contributed by atoms with Crippen LogP contribution in [0.3, 0.4) is 0 Å². The van der Waals surface area contributed by atoms with Crippen LogP contribution in [0.5, 0.6) is 0 Å². The molecule has 2 aromatic rings. The first-order valence-electron chi connectivity index (χ1n) is 10.5. The van der Waals surface area contributed by atoms with E-state index in [1.165, 1.54) is 25.2 Å².